The zero-order valence-corrected chi connectivity index (χ0v) is 30.5. The highest BCUT2D eigenvalue weighted by Crippen LogP contribution is 2.17. The molecule has 0 rings (SSSR count). The summed E-state index contributed by atoms with van der Waals surface area (Å²) in [5, 5.41) is 21.5. The summed E-state index contributed by atoms with van der Waals surface area (Å²) in [5.74, 6) is -6.70. The molecule has 0 radical (unpaired) electrons. The second kappa shape index (κ2) is 29.9. The first kappa shape index (κ1) is 48.3. The van der Waals surface area contributed by atoms with Gasteiger partial charge in [0.25, 0.3) is 0 Å². The highest BCUT2D eigenvalue weighted by Gasteiger charge is 2.36. The molecule has 0 heterocycles. The van der Waals surface area contributed by atoms with Gasteiger partial charge in [-0.2, -0.15) is 0 Å². The van der Waals surface area contributed by atoms with Crippen LogP contribution in [0.25, 0.3) is 0 Å². The number of carbonyl (C=O) groups excluding carboxylic acids is 8. The van der Waals surface area contributed by atoms with Crippen LogP contribution in [-0.2, 0) is 76.3 Å². The molecule has 0 aromatic carbocycles. The number of Topliss-reactive ketones (excluding diaryl/α,β-unsaturated/α-hetero) is 4. The van der Waals surface area contributed by atoms with Crippen molar-refractivity contribution < 1.29 is 86.5 Å². The van der Waals surface area contributed by atoms with Crippen molar-refractivity contribution in [2.75, 3.05) is 66.1 Å². The fourth-order valence-corrected chi connectivity index (χ4v) is 3.92. The molecule has 4 atom stereocenters. The third-order valence-electron chi connectivity index (χ3n) is 6.95. The van der Waals surface area contributed by atoms with Gasteiger partial charge in [-0.05, 0) is 0 Å². The van der Waals surface area contributed by atoms with Gasteiger partial charge in [-0.1, -0.05) is 27.7 Å². The Morgan fingerprint density at radius 1 is 0.462 bits per heavy atom. The number of esters is 4. The van der Waals surface area contributed by atoms with E-state index in [-0.39, 0.29) is 111 Å². The molecular weight excluding hydrogens is 696 g/mol. The summed E-state index contributed by atoms with van der Waals surface area (Å²) in [6.45, 7) is 4.24. The van der Waals surface area contributed by atoms with E-state index in [4.69, 9.17) is 37.9 Å². The van der Waals surface area contributed by atoms with Gasteiger partial charge in [-0.3, -0.25) is 19.2 Å². The minimum Gasteiger partial charge on any atom is -0.460 e. The summed E-state index contributed by atoms with van der Waals surface area (Å²) >= 11 is 0. The third-order valence-corrected chi connectivity index (χ3v) is 6.95. The van der Waals surface area contributed by atoms with Crippen molar-refractivity contribution in [2.45, 2.75) is 103 Å². The van der Waals surface area contributed by atoms with E-state index in [0.29, 0.717) is 0 Å². The van der Waals surface area contributed by atoms with Gasteiger partial charge in [0, 0.05) is 58.0 Å². The summed E-state index contributed by atoms with van der Waals surface area (Å²) < 4.78 is 42.8. The molecule has 0 fully saturated rings. The van der Waals surface area contributed by atoms with E-state index in [1.807, 2.05) is 0 Å². The first-order valence-corrected chi connectivity index (χ1v) is 17.4. The molecule has 52 heavy (non-hydrogen) atoms. The topological polar surface area (TPSA) is 251 Å². The summed E-state index contributed by atoms with van der Waals surface area (Å²) in [6, 6.07) is 0. The molecular formula is C34H54O18. The number of carbonyl (C=O) groups is 8. The van der Waals surface area contributed by atoms with Gasteiger partial charge in [0.15, 0.2) is 0 Å². The SMILES string of the molecule is CCC(=O)C(=O)OCCCOCC(OCCCOC(=O)C(=O)CC)C(OCCCOC(=O)C(=O)CC)C(O)C(CO)OCCCOC(=O)C(=O)CC. The summed E-state index contributed by atoms with van der Waals surface area (Å²) in [5.41, 5.74) is 0. The largest absolute Gasteiger partial charge is 0.460 e. The summed E-state index contributed by atoms with van der Waals surface area (Å²) in [4.78, 5) is 92.5. The molecule has 4 unspecified atom stereocenters. The molecule has 0 aliphatic rings. The van der Waals surface area contributed by atoms with Crippen molar-refractivity contribution in [3.05, 3.63) is 0 Å². The van der Waals surface area contributed by atoms with Crippen molar-refractivity contribution in [3.8, 4) is 0 Å². The number of aliphatic hydroxyl groups excluding tert-OH is 2. The van der Waals surface area contributed by atoms with Crippen LogP contribution in [-0.4, -0.2) is 148 Å². The normalized spacial score (nSPS) is 13.3. The van der Waals surface area contributed by atoms with Gasteiger partial charge in [0.1, 0.15) is 24.4 Å². The van der Waals surface area contributed by atoms with E-state index >= 15 is 0 Å². The molecule has 0 spiro atoms. The van der Waals surface area contributed by atoms with Crippen molar-refractivity contribution in [3.63, 3.8) is 0 Å². The summed E-state index contributed by atoms with van der Waals surface area (Å²) in [7, 11) is 0. The Labute approximate surface area is 303 Å². The molecule has 0 aliphatic carbocycles. The third kappa shape index (κ3) is 21.0. The first-order valence-electron chi connectivity index (χ1n) is 17.4. The number of ketones is 4. The molecule has 18 nitrogen and oxygen atoms in total. The van der Waals surface area contributed by atoms with Crippen LogP contribution in [0.4, 0.5) is 0 Å². The number of hydrogen-bond acceptors (Lipinski definition) is 18. The highest BCUT2D eigenvalue weighted by molar-refractivity contribution is 6.34. The van der Waals surface area contributed by atoms with Crippen LogP contribution >= 0.6 is 0 Å². The molecule has 0 aliphatic heterocycles. The first-order chi connectivity index (χ1) is 24.9. The second-order valence-electron chi connectivity index (χ2n) is 11.0. The minimum atomic E-state index is -1.58. The molecule has 2 N–H and O–H groups in total. The van der Waals surface area contributed by atoms with Crippen LogP contribution in [0, 0.1) is 0 Å². The maximum absolute atomic E-state index is 11.7. The van der Waals surface area contributed by atoms with Crippen LogP contribution in [0.1, 0.15) is 79.1 Å². The van der Waals surface area contributed by atoms with E-state index < -0.39 is 78.0 Å². The van der Waals surface area contributed by atoms with Crippen LogP contribution < -0.4 is 0 Å². The zero-order chi connectivity index (χ0) is 39.3. The average Bonchev–Trinajstić information content (AvgIpc) is 3.15. The van der Waals surface area contributed by atoms with Crippen molar-refractivity contribution >= 4 is 47.0 Å². The van der Waals surface area contributed by atoms with Crippen molar-refractivity contribution in [2.24, 2.45) is 0 Å². The Morgan fingerprint density at radius 2 is 0.788 bits per heavy atom. The Bertz CT molecular complexity index is 1120. The summed E-state index contributed by atoms with van der Waals surface area (Å²) in [6.07, 6.45) is -4.71. The van der Waals surface area contributed by atoms with Gasteiger partial charge in [-0.25, -0.2) is 19.2 Å². The monoisotopic (exact) mass is 750 g/mol. The lowest BCUT2D eigenvalue weighted by Crippen LogP contribution is -2.51. The van der Waals surface area contributed by atoms with Crippen LogP contribution in [0.2, 0.25) is 0 Å². The van der Waals surface area contributed by atoms with Crippen LogP contribution in [0.5, 0.6) is 0 Å². The van der Waals surface area contributed by atoms with Gasteiger partial charge in [0.2, 0.25) is 23.1 Å². The van der Waals surface area contributed by atoms with Crippen molar-refractivity contribution in [1.82, 2.24) is 0 Å². The molecule has 18 heteroatoms. The predicted octanol–water partition coefficient (Wildman–Crippen LogP) is 0.161. The minimum absolute atomic E-state index is 0.00254. The van der Waals surface area contributed by atoms with Crippen LogP contribution in [0.3, 0.4) is 0 Å². The van der Waals surface area contributed by atoms with E-state index in [0.717, 1.165) is 0 Å². The maximum atomic E-state index is 11.7. The van der Waals surface area contributed by atoms with Gasteiger partial charge in [0.05, 0.1) is 59.5 Å². The highest BCUT2D eigenvalue weighted by atomic mass is 16.6. The standard InChI is InChI=1S/C34H54O18/c1-5-23(36)31(41)49-17-9-13-45-22-28(47-15-11-19-51-33(43)25(38)7-3)30(48-16-12-20-52-34(44)26(39)8-4)29(40)27(21-35)46-14-10-18-50-32(42)24(37)6-2/h27-30,35,40H,5-22H2,1-4H3. The van der Waals surface area contributed by atoms with Crippen molar-refractivity contribution in [1.29, 1.82) is 0 Å². The lowest BCUT2D eigenvalue weighted by atomic mass is 10.0. The fraction of sp³-hybridized carbons (Fsp3) is 0.765. The van der Waals surface area contributed by atoms with Gasteiger partial charge in [-0.15, -0.1) is 0 Å². The van der Waals surface area contributed by atoms with Crippen LogP contribution in [0.15, 0.2) is 0 Å². The van der Waals surface area contributed by atoms with E-state index in [1.165, 1.54) is 27.7 Å². The Kier molecular flexibility index (Phi) is 27.7. The number of hydrogen-bond donors (Lipinski definition) is 2. The maximum Gasteiger partial charge on any atom is 0.374 e. The van der Waals surface area contributed by atoms with E-state index in [2.05, 4.69) is 0 Å². The molecule has 0 amide bonds. The van der Waals surface area contributed by atoms with E-state index in [9.17, 15) is 48.6 Å². The fourth-order valence-electron chi connectivity index (χ4n) is 3.92. The molecule has 0 saturated carbocycles. The van der Waals surface area contributed by atoms with E-state index in [1.54, 1.807) is 0 Å². The molecule has 298 valence electrons. The molecule has 0 aromatic rings. The average molecular weight is 751 g/mol. The lowest BCUT2D eigenvalue weighted by Gasteiger charge is -2.34. The molecule has 0 saturated heterocycles. The van der Waals surface area contributed by atoms with Gasteiger partial charge < -0.3 is 48.1 Å². The smallest absolute Gasteiger partial charge is 0.374 e. The lowest BCUT2D eigenvalue weighted by molar-refractivity contribution is -0.181. The number of ether oxygens (including phenoxy) is 8. The molecule has 0 bridgehead atoms. The number of rotatable bonds is 33. The second-order valence-corrected chi connectivity index (χ2v) is 11.0. The number of aliphatic hydroxyl groups is 2. The predicted molar refractivity (Wildman–Crippen MR) is 177 cm³/mol. The Hall–Kier alpha value is -3.68. The Morgan fingerprint density at radius 3 is 1.13 bits per heavy atom. The van der Waals surface area contributed by atoms with Gasteiger partial charge >= 0.3 is 23.9 Å². The Balaban J connectivity index is 5.72. The molecule has 0 aromatic heterocycles. The zero-order valence-electron chi connectivity index (χ0n) is 30.5. The quantitative estimate of drug-likeness (QED) is 0.0392.